The number of rotatable bonds is 7. The van der Waals surface area contributed by atoms with Gasteiger partial charge in [-0.15, -0.1) is 0 Å². The lowest BCUT2D eigenvalue weighted by Crippen LogP contribution is -2.15. The second kappa shape index (κ2) is 7.67. The number of ether oxygens (including phenoxy) is 1. The number of hydrogen-bond donors (Lipinski definition) is 1. The van der Waals surface area contributed by atoms with Gasteiger partial charge in [0.25, 0.3) is 0 Å². The van der Waals surface area contributed by atoms with E-state index in [9.17, 15) is 4.79 Å². The average molecular weight is 247 g/mol. The number of carbonyl (C=O) groups excluding carboxylic acids is 1. The molecule has 0 saturated heterocycles. The maximum atomic E-state index is 11.4. The molecule has 1 aromatic carbocycles. The molecule has 0 aromatic heterocycles. The maximum absolute atomic E-state index is 11.4. The first-order valence-electron chi connectivity index (χ1n) is 6.24. The van der Waals surface area contributed by atoms with Crippen LogP contribution < -0.4 is 5.73 Å². The van der Waals surface area contributed by atoms with Crippen LogP contribution >= 0.6 is 0 Å². The second-order valence-corrected chi connectivity index (χ2v) is 4.48. The lowest BCUT2D eigenvalue weighted by molar-refractivity contribution is -0.145. The molecule has 1 rings (SSSR count). The van der Waals surface area contributed by atoms with E-state index in [1.54, 1.807) is 6.08 Å². The largest absolute Gasteiger partial charge is 0.461 e. The van der Waals surface area contributed by atoms with Gasteiger partial charge in [-0.05, 0) is 30.9 Å². The van der Waals surface area contributed by atoms with Crippen molar-refractivity contribution in [2.45, 2.75) is 38.8 Å². The van der Waals surface area contributed by atoms with Crippen molar-refractivity contribution in [3.8, 4) is 0 Å². The summed E-state index contributed by atoms with van der Waals surface area (Å²) in [6.45, 7) is 5.95. The highest BCUT2D eigenvalue weighted by molar-refractivity contribution is 5.69. The monoisotopic (exact) mass is 247 g/mol. The van der Waals surface area contributed by atoms with Crippen LogP contribution in [0.5, 0.6) is 0 Å². The summed E-state index contributed by atoms with van der Waals surface area (Å²) in [5.74, 6) is -0.163. The maximum Gasteiger partial charge on any atom is 0.306 e. The topological polar surface area (TPSA) is 52.3 Å². The van der Waals surface area contributed by atoms with Gasteiger partial charge in [0.2, 0.25) is 0 Å². The van der Waals surface area contributed by atoms with E-state index in [-0.39, 0.29) is 12.0 Å². The molecule has 98 valence electrons. The summed E-state index contributed by atoms with van der Waals surface area (Å²) in [5.41, 5.74) is 7.66. The van der Waals surface area contributed by atoms with Crippen LogP contribution in [0.4, 0.5) is 0 Å². The van der Waals surface area contributed by atoms with Crippen molar-refractivity contribution in [3.05, 3.63) is 42.0 Å². The van der Waals surface area contributed by atoms with E-state index in [1.165, 1.54) is 0 Å². The van der Waals surface area contributed by atoms with E-state index in [0.29, 0.717) is 13.0 Å². The molecule has 0 heterocycles. The SMILES string of the molecule is C=Cc1ccc(COC(=O)CCCC(C)N)cc1. The predicted octanol–water partition coefficient (Wildman–Crippen LogP) is 2.89. The van der Waals surface area contributed by atoms with Crippen molar-refractivity contribution in [2.75, 3.05) is 0 Å². The number of hydrogen-bond acceptors (Lipinski definition) is 3. The fraction of sp³-hybridized carbons (Fsp3) is 0.400. The number of benzene rings is 1. The molecule has 0 aliphatic rings. The number of nitrogens with two attached hydrogens (primary N) is 1. The first kappa shape index (κ1) is 14.5. The molecule has 1 aromatic rings. The molecule has 2 N–H and O–H groups in total. The van der Waals surface area contributed by atoms with Crippen LogP contribution in [0, 0.1) is 0 Å². The third-order valence-corrected chi connectivity index (χ3v) is 2.66. The molecule has 0 amide bonds. The highest BCUT2D eigenvalue weighted by atomic mass is 16.5. The molecule has 1 unspecified atom stereocenters. The van der Waals surface area contributed by atoms with Crippen LogP contribution in [-0.4, -0.2) is 12.0 Å². The third-order valence-electron chi connectivity index (χ3n) is 2.66. The molecule has 0 fully saturated rings. The lowest BCUT2D eigenvalue weighted by atomic mass is 10.1. The Kier molecular flexibility index (Phi) is 6.15. The molecule has 1 atom stereocenters. The van der Waals surface area contributed by atoms with Gasteiger partial charge in [0.05, 0.1) is 0 Å². The number of carbonyl (C=O) groups is 1. The Morgan fingerprint density at radius 3 is 2.67 bits per heavy atom. The summed E-state index contributed by atoms with van der Waals surface area (Å²) in [7, 11) is 0. The molecule has 0 bridgehead atoms. The van der Waals surface area contributed by atoms with Crippen LogP contribution in [0.1, 0.15) is 37.3 Å². The summed E-state index contributed by atoms with van der Waals surface area (Å²) in [6.07, 6.45) is 3.85. The molecular formula is C15H21NO2. The third kappa shape index (κ3) is 5.64. The highest BCUT2D eigenvalue weighted by Gasteiger charge is 2.04. The van der Waals surface area contributed by atoms with Crippen molar-refractivity contribution in [1.29, 1.82) is 0 Å². The lowest BCUT2D eigenvalue weighted by Gasteiger charge is -2.06. The minimum Gasteiger partial charge on any atom is -0.461 e. The van der Waals surface area contributed by atoms with Gasteiger partial charge in [-0.25, -0.2) is 0 Å². The Bertz CT molecular complexity index is 382. The Hall–Kier alpha value is -1.61. The van der Waals surface area contributed by atoms with Crippen LogP contribution in [0.25, 0.3) is 6.08 Å². The molecular weight excluding hydrogens is 226 g/mol. The zero-order valence-corrected chi connectivity index (χ0v) is 10.9. The fourth-order valence-corrected chi connectivity index (χ4v) is 1.55. The van der Waals surface area contributed by atoms with E-state index in [2.05, 4.69) is 6.58 Å². The summed E-state index contributed by atoms with van der Waals surface area (Å²) in [4.78, 5) is 11.4. The predicted molar refractivity (Wildman–Crippen MR) is 73.8 cm³/mol. The van der Waals surface area contributed by atoms with Crippen molar-refractivity contribution in [2.24, 2.45) is 5.73 Å². The van der Waals surface area contributed by atoms with E-state index < -0.39 is 0 Å². The Balaban J connectivity index is 2.26. The molecule has 3 nitrogen and oxygen atoms in total. The quantitative estimate of drug-likeness (QED) is 0.754. The Morgan fingerprint density at radius 2 is 2.11 bits per heavy atom. The fourth-order valence-electron chi connectivity index (χ4n) is 1.55. The minimum absolute atomic E-state index is 0.143. The standard InChI is InChI=1S/C15H21NO2/c1-3-13-7-9-14(10-8-13)11-18-15(17)6-4-5-12(2)16/h3,7-10,12H,1,4-6,11,16H2,2H3. The van der Waals surface area contributed by atoms with E-state index in [4.69, 9.17) is 10.5 Å². The van der Waals surface area contributed by atoms with Gasteiger partial charge in [-0.1, -0.05) is 36.9 Å². The Labute approximate surface area is 109 Å². The number of esters is 1. The first-order chi connectivity index (χ1) is 8.61. The van der Waals surface area contributed by atoms with Crippen LogP contribution in [0.15, 0.2) is 30.8 Å². The van der Waals surface area contributed by atoms with Gasteiger partial charge < -0.3 is 10.5 Å². The summed E-state index contributed by atoms with van der Waals surface area (Å²) >= 11 is 0. The molecule has 0 spiro atoms. The molecule has 3 heteroatoms. The van der Waals surface area contributed by atoms with Gasteiger partial charge >= 0.3 is 5.97 Å². The first-order valence-corrected chi connectivity index (χ1v) is 6.24. The Morgan fingerprint density at radius 1 is 1.44 bits per heavy atom. The average Bonchev–Trinajstić information content (AvgIpc) is 2.36. The normalized spacial score (nSPS) is 11.9. The van der Waals surface area contributed by atoms with E-state index in [0.717, 1.165) is 24.0 Å². The van der Waals surface area contributed by atoms with Crippen LogP contribution in [0.3, 0.4) is 0 Å². The summed E-state index contributed by atoms with van der Waals surface area (Å²) in [6, 6.07) is 7.92. The van der Waals surface area contributed by atoms with Crippen molar-refractivity contribution in [3.63, 3.8) is 0 Å². The minimum atomic E-state index is -0.163. The van der Waals surface area contributed by atoms with Crippen LogP contribution in [0.2, 0.25) is 0 Å². The second-order valence-electron chi connectivity index (χ2n) is 4.48. The van der Waals surface area contributed by atoms with Gasteiger partial charge in [0.1, 0.15) is 6.61 Å². The smallest absolute Gasteiger partial charge is 0.306 e. The van der Waals surface area contributed by atoms with Crippen LogP contribution in [-0.2, 0) is 16.1 Å². The van der Waals surface area contributed by atoms with Crippen molar-refractivity contribution in [1.82, 2.24) is 0 Å². The van der Waals surface area contributed by atoms with Gasteiger partial charge in [0.15, 0.2) is 0 Å². The zero-order chi connectivity index (χ0) is 13.4. The molecule has 0 radical (unpaired) electrons. The molecule has 0 aliphatic heterocycles. The van der Waals surface area contributed by atoms with Gasteiger partial charge in [0, 0.05) is 12.5 Å². The van der Waals surface area contributed by atoms with E-state index in [1.807, 2.05) is 31.2 Å². The summed E-state index contributed by atoms with van der Waals surface area (Å²) in [5, 5.41) is 0. The highest BCUT2D eigenvalue weighted by Crippen LogP contribution is 2.08. The van der Waals surface area contributed by atoms with Gasteiger partial charge in [-0.3, -0.25) is 4.79 Å². The van der Waals surface area contributed by atoms with Crippen molar-refractivity contribution < 1.29 is 9.53 Å². The zero-order valence-electron chi connectivity index (χ0n) is 10.9. The molecule has 0 aliphatic carbocycles. The van der Waals surface area contributed by atoms with Gasteiger partial charge in [-0.2, -0.15) is 0 Å². The molecule has 18 heavy (non-hydrogen) atoms. The van der Waals surface area contributed by atoms with E-state index >= 15 is 0 Å². The molecule has 0 saturated carbocycles. The summed E-state index contributed by atoms with van der Waals surface area (Å²) < 4.78 is 5.18. The van der Waals surface area contributed by atoms with Crippen molar-refractivity contribution >= 4 is 12.0 Å².